The zero-order chi connectivity index (χ0) is 15.2. The summed E-state index contributed by atoms with van der Waals surface area (Å²) in [5, 5.41) is 5.32. The van der Waals surface area contributed by atoms with E-state index in [0.717, 1.165) is 6.42 Å². The van der Waals surface area contributed by atoms with E-state index >= 15 is 0 Å². The minimum atomic E-state index is 0.920. The lowest BCUT2D eigenvalue weighted by atomic mass is 9.99. The van der Waals surface area contributed by atoms with Crippen LogP contribution in [-0.4, -0.2) is 0 Å². The molecule has 0 fully saturated rings. The van der Waals surface area contributed by atoms with Crippen LogP contribution in [0.4, 0.5) is 0 Å². The van der Waals surface area contributed by atoms with Crippen molar-refractivity contribution < 1.29 is 0 Å². The molecule has 0 aromatic heterocycles. The van der Waals surface area contributed by atoms with Gasteiger partial charge in [-0.1, -0.05) is 55.3 Å². The van der Waals surface area contributed by atoms with E-state index in [4.69, 9.17) is 6.42 Å². The highest BCUT2D eigenvalue weighted by atomic mass is 14.0. The monoisotopic (exact) mass is 286 g/mol. The van der Waals surface area contributed by atoms with Gasteiger partial charge in [-0.25, -0.2) is 0 Å². The number of unbranched alkanes of at least 4 members (excludes halogenated alkanes) is 4. The van der Waals surface area contributed by atoms with Crippen LogP contribution in [-0.2, 0) is 6.42 Å². The number of hydrogen-bond donors (Lipinski definition) is 0. The van der Waals surface area contributed by atoms with Crippen molar-refractivity contribution in [3.8, 4) is 12.3 Å². The van der Waals surface area contributed by atoms with Crippen molar-refractivity contribution in [2.45, 2.75) is 38.5 Å². The van der Waals surface area contributed by atoms with Crippen LogP contribution in [0.5, 0.6) is 0 Å². The molecule has 0 unspecified atom stereocenters. The molecule has 0 heteroatoms. The van der Waals surface area contributed by atoms with Crippen molar-refractivity contribution in [2.24, 2.45) is 0 Å². The van der Waals surface area contributed by atoms with Crippen molar-refractivity contribution >= 4 is 21.5 Å². The van der Waals surface area contributed by atoms with Gasteiger partial charge < -0.3 is 0 Å². The zero-order valence-electron chi connectivity index (χ0n) is 13.0. The van der Waals surface area contributed by atoms with E-state index < -0.39 is 0 Å². The van der Waals surface area contributed by atoms with Crippen LogP contribution < -0.4 is 0 Å². The van der Waals surface area contributed by atoms with Crippen LogP contribution in [0.3, 0.4) is 0 Å². The third-order valence-corrected chi connectivity index (χ3v) is 4.31. The molecule has 0 amide bonds. The summed E-state index contributed by atoms with van der Waals surface area (Å²) in [6.45, 7) is 0. The minimum Gasteiger partial charge on any atom is -0.120 e. The summed E-state index contributed by atoms with van der Waals surface area (Å²) in [7, 11) is 0. The lowest BCUT2D eigenvalue weighted by molar-refractivity contribution is 0.650. The van der Waals surface area contributed by atoms with E-state index in [-0.39, 0.29) is 0 Å². The van der Waals surface area contributed by atoms with Gasteiger partial charge in [0.15, 0.2) is 0 Å². The number of terminal acetylenes is 1. The second-order valence-corrected chi connectivity index (χ2v) is 6.00. The summed E-state index contributed by atoms with van der Waals surface area (Å²) in [6.07, 6.45) is 12.3. The fraction of sp³-hybridized carbons (Fsp3) is 0.273. The van der Waals surface area contributed by atoms with Crippen molar-refractivity contribution in [2.75, 3.05) is 0 Å². The molecule has 0 saturated heterocycles. The second kappa shape index (κ2) is 7.14. The number of hydrogen-bond acceptors (Lipinski definition) is 0. The summed E-state index contributed by atoms with van der Waals surface area (Å²) in [6, 6.07) is 20.1. The molecule has 22 heavy (non-hydrogen) atoms. The maximum atomic E-state index is 5.28. The standard InChI is InChI=1S/C22H22/c1-2-3-4-5-6-7-10-18-13-14-21-16-19-11-8-9-12-20(19)17-22(21)15-18/h1,8-9,11-17H,3-7,10H2. The van der Waals surface area contributed by atoms with Gasteiger partial charge in [-0.05, 0) is 58.5 Å². The molecule has 0 saturated carbocycles. The lowest BCUT2D eigenvalue weighted by Crippen LogP contribution is -1.87. The number of aryl methyl sites for hydroxylation is 1. The Morgan fingerprint density at radius 3 is 2.14 bits per heavy atom. The molecule has 0 spiro atoms. The molecular weight excluding hydrogens is 264 g/mol. The summed E-state index contributed by atoms with van der Waals surface area (Å²) >= 11 is 0. The summed E-state index contributed by atoms with van der Waals surface area (Å²) in [5.74, 6) is 2.71. The molecule has 0 N–H and O–H groups in total. The Morgan fingerprint density at radius 1 is 0.682 bits per heavy atom. The quantitative estimate of drug-likeness (QED) is 0.291. The summed E-state index contributed by atoms with van der Waals surface area (Å²) < 4.78 is 0. The van der Waals surface area contributed by atoms with Gasteiger partial charge in [0, 0.05) is 6.42 Å². The predicted molar refractivity (Wildman–Crippen MR) is 97.1 cm³/mol. The summed E-state index contributed by atoms with van der Waals surface area (Å²) in [5.41, 5.74) is 1.44. The van der Waals surface area contributed by atoms with E-state index in [2.05, 4.69) is 60.5 Å². The van der Waals surface area contributed by atoms with Crippen molar-refractivity contribution in [3.05, 3.63) is 60.2 Å². The second-order valence-electron chi connectivity index (χ2n) is 6.00. The van der Waals surface area contributed by atoms with Crippen LogP contribution in [0.1, 0.15) is 37.7 Å². The van der Waals surface area contributed by atoms with Crippen molar-refractivity contribution in [3.63, 3.8) is 0 Å². The van der Waals surface area contributed by atoms with E-state index in [1.165, 1.54) is 59.2 Å². The molecule has 3 rings (SSSR count). The number of fused-ring (bicyclic) bond motifs is 2. The summed E-state index contributed by atoms with van der Waals surface area (Å²) in [4.78, 5) is 0. The van der Waals surface area contributed by atoms with E-state index in [9.17, 15) is 0 Å². The average Bonchev–Trinajstić information content (AvgIpc) is 2.56. The van der Waals surface area contributed by atoms with Crippen LogP contribution in [0.2, 0.25) is 0 Å². The molecule has 0 aliphatic heterocycles. The first kappa shape index (κ1) is 14.7. The van der Waals surface area contributed by atoms with Crippen molar-refractivity contribution in [1.82, 2.24) is 0 Å². The Hall–Kier alpha value is -2.26. The first-order valence-corrected chi connectivity index (χ1v) is 8.22. The first-order chi connectivity index (χ1) is 10.9. The zero-order valence-corrected chi connectivity index (χ0v) is 13.0. The lowest BCUT2D eigenvalue weighted by Gasteiger charge is -2.06. The fourth-order valence-electron chi connectivity index (χ4n) is 3.05. The molecule has 0 aliphatic rings. The highest BCUT2D eigenvalue weighted by Crippen LogP contribution is 2.24. The highest BCUT2D eigenvalue weighted by molar-refractivity contribution is 5.98. The Labute approximate surface area is 133 Å². The molecule has 0 heterocycles. The third kappa shape index (κ3) is 3.49. The van der Waals surface area contributed by atoms with E-state index in [1.54, 1.807) is 0 Å². The molecule has 3 aromatic carbocycles. The Balaban J connectivity index is 1.70. The molecule has 0 atom stereocenters. The maximum Gasteiger partial charge on any atom is 0.00860 e. The van der Waals surface area contributed by atoms with Gasteiger partial charge >= 0.3 is 0 Å². The Bertz CT molecular complexity index is 805. The maximum absolute atomic E-state index is 5.28. The minimum absolute atomic E-state index is 0.920. The van der Waals surface area contributed by atoms with Gasteiger partial charge in [0.1, 0.15) is 0 Å². The van der Waals surface area contributed by atoms with Gasteiger partial charge in [0.05, 0.1) is 0 Å². The molecule has 110 valence electrons. The molecule has 0 bridgehead atoms. The van der Waals surface area contributed by atoms with Gasteiger partial charge in [-0.2, -0.15) is 0 Å². The normalized spacial score (nSPS) is 10.9. The molecule has 0 aliphatic carbocycles. The number of rotatable bonds is 6. The van der Waals surface area contributed by atoms with Gasteiger partial charge in [-0.15, -0.1) is 12.3 Å². The molecular formula is C22H22. The SMILES string of the molecule is C#CCCCCCCc1ccc2cc3ccccc3cc2c1. The topological polar surface area (TPSA) is 0 Å². The van der Waals surface area contributed by atoms with Crippen molar-refractivity contribution in [1.29, 1.82) is 0 Å². The van der Waals surface area contributed by atoms with Gasteiger partial charge in [-0.3, -0.25) is 0 Å². The van der Waals surface area contributed by atoms with Gasteiger partial charge in [0.25, 0.3) is 0 Å². The third-order valence-electron chi connectivity index (χ3n) is 4.31. The van der Waals surface area contributed by atoms with E-state index in [0.29, 0.717) is 0 Å². The van der Waals surface area contributed by atoms with E-state index in [1.807, 2.05) is 0 Å². The molecule has 0 nitrogen and oxygen atoms in total. The molecule has 0 radical (unpaired) electrons. The smallest absolute Gasteiger partial charge is 0.00860 e. The van der Waals surface area contributed by atoms with Crippen LogP contribution in [0.15, 0.2) is 54.6 Å². The predicted octanol–water partition coefficient (Wildman–Crippen LogP) is 6.12. The Morgan fingerprint density at radius 2 is 1.36 bits per heavy atom. The largest absolute Gasteiger partial charge is 0.120 e. The average molecular weight is 286 g/mol. The Kier molecular flexibility index (Phi) is 4.76. The molecule has 3 aromatic rings. The van der Waals surface area contributed by atoms with Crippen LogP contribution in [0.25, 0.3) is 21.5 Å². The number of benzene rings is 3. The van der Waals surface area contributed by atoms with Crippen LogP contribution >= 0.6 is 0 Å². The highest BCUT2D eigenvalue weighted by Gasteiger charge is 2.00. The van der Waals surface area contributed by atoms with Gasteiger partial charge in [0.2, 0.25) is 0 Å². The fourth-order valence-corrected chi connectivity index (χ4v) is 3.05. The van der Waals surface area contributed by atoms with Crippen LogP contribution in [0, 0.1) is 12.3 Å². The first-order valence-electron chi connectivity index (χ1n) is 8.22.